The van der Waals surface area contributed by atoms with E-state index < -0.39 is 6.10 Å². The second-order valence-electron chi connectivity index (χ2n) is 5.29. The van der Waals surface area contributed by atoms with Crippen LogP contribution in [0.4, 0.5) is 0 Å². The Kier molecular flexibility index (Phi) is 6.90. The van der Waals surface area contributed by atoms with Crippen molar-refractivity contribution in [1.82, 2.24) is 5.32 Å². The first-order valence-electron chi connectivity index (χ1n) is 7.62. The number of rotatable bonds is 9. The van der Waals surface area contributed by atoms with Crippen LogP contribution in [-0.4, -0.2) is 36.9 Å². The second kappa shape index (κ2) is 9.20. The third-order valence-electron chi connectivity index (χ3n) is 3.45. The minimum atomic E-state index is -0.572. The number of benzene rings is 2. The van der Waals surface area contributed by atoms with E-state index in [9.17, 15) is 5.11 Å². The van der Waals surface area contributed by atoms with Crippen LogP contribution in [0, 0.1) is 0 Å². The highest BCUT2D eigenvalue weighted by Gasteiger charge is 2.14. The molecule has 0 aliphatic heterocycles. The summed E-state index contributed by atoms with van der Waals surface area (Å²) >= 11 is 0. The number of hydrogen-bond donors (Lipinski definition) is 3. The molecule has 0 bridgehead atoms. The van der Waals surface area contributed by atoms with Crippen molar-refractivity contribution in [3.63, 3.8) is 0 Å². The highest BCUT2D eigenvalue weighted by molar-refractivity contribution is 5.20. The SMILES string of the molecule is NC(Cc1ccccc1)C(O)CNCCOc1ccccc1. The number of nitrogens with two attached hydrogens (primary N) is 1. The van der Waals surface area contributed by atoms with Gasteiger partial charge in [-0.15, -0.1) is 0 Å². The molecular weight excluding hydrogens is 276 g/mol. The fourth-order valence-corrected chi connectivity index (χ4v) is 2.18. The Labute approximate surface area is 131 Å². The van der Waals surface area contributed by atoms with E-state index in [1.165, 1.54) is 0 Å². The third-order valence-corrected chi connectivity index (χ3v) is 3.45. The van der Waals surface area contributed by atoms with E-state index in [0.717, 1.165) is 11.3 Å². The van der Waals surface area contributed by atoms with Gasteiger partial charge in [-0.25, -0.2) is 0 Å². The number of hydrogen-bond acceptors (Lipinski definition) is 4. The Balaban J connectivity index is 1.60. The molecule has 2 atom stereocenters. The van der Waals surface area contributed by atoms with Gasteiger partial charge in [-0.05, 0) is 24.1 Å². The predicted octanol–water partition coefficient (Wildman–Crippen LogP) is 1.59. The molecule has 118 valence electrons. The van der Waals surface area contributed by atoms with E-state index in [1.807, 2.05) is 60.7 Å². The molecule has 0 saturated carbocycles. The lowest BCUT2D eigenvalue weighted by Crippen LogP contribution is -2.43. The standard InChI is InChI=1S/C18H24N2O2/c19-17(13-15-7-3-1-4-8-15)18(21)14-20-11-12-22-16-9-5-2-6-10-16/h1-10,17-18,20-21H,11-14,19H2. The van der Waals surface area contributed by atoms with Gasteiger partial charge in [0.1, 0.15) is 12.4 Å². The van der Waals surface area contributed by atoms with E-state index in [2.05, 4.69) is 5.32 Å². The maximum absolute atomic E-state index is 10.1. The molecule has 2 unspecified atom stereocenters. The number of aliphatic hydroxyl groups is 1. The van der Waals surface area contributed by atoms with E-state index in [-0.39, 0.29) is 6.04 Å². The summed E-state index contributed by atoms with van der Waals surface area (Å²) in [5, 5.41) is 13.2. The van der Waals surface area contributed by atoms with Crippen LogP contribution in [0.15, 0.2) is 60.7 Å². The molecule has 0 heterocycles. The summed E-state index contributed by atoms with van der Waals surface area (Å²) in [4.78, 5) is 0. The van der Waals surface area contributed by atoms with Crippen molar-refractivity contribution < 1.29 is 9.84 Å². The molecule has 0 amide bonds. The van der Waals surface area contributed by atoms with Crippen LogP contribution in [-0.2, 0) is 6.42 Å². The van der Waals surface area contributed by atoms with Crippen molar-refractivity contribution in [2.24, 2.45) is 5.73 Å². The lowest BCUT2D eigenvalue weighted by atomic mass is 10.0. The minimum Gasteiger partial charge on any atom is -0.492 e. The summed E-state index contributed by atoms with van der Waals surface area (Å²) in [5.41, 5.74) is 7.17. The minimum absolute atomic E-state index is 0.273. The fourth-order valence-electron chi connectivity index (χ4n) is 2.18. The van der Waals surface area contributed by atoms with Gasteiger partial charge in [0, 0.05) is 19.1 Å². The Bertz CT molecular complexity index is 519. The van der Waals surface area contributed by atoms with Crippen LogP contribution >= 0.6 is 0 Å². The molecule has 0 saturated heterocycles. The first-order chi connectivity index (χ1) is 10.8. The van der Waals surface area contributed by atoms with Crippen LogP contribution < -0.4 is 15.8 Å². The zero-order chi connectivity index (χ0) is 15.6. The van der Waals surface area contributed by atoms with Crippen molar-refractivity contribution in [3.8, 4) is 5.75 Å². The van der Waals surface area contributed by atoms with Crippen molar-refractivity contribution in [3.05, 3.63) is 66.2 Å². The molecule has 2 aromatic rings. The normalized spacial score (nSPS) is 13.5. The number of para-hydroxylation sites is 1. The molecule has 0 radical (unpaired) electrons. The lowest BCUT2D eigenvalue weighted by Gasteiger charge is -2.19. The van der Waals surface area contributed by atoms with E-state index in [1.54, 1.807) is 0 Å². The highest BCUT2D eigenvalue weighted by Crippen LogP contribution is 2.07. The van der Waals surface area contributed by atoms with Crippen LogP contribution in [0.3, 0.4) is 0 Å². The zero-order valence-electron chi connectivity index (χ0n) is 12.7. The van der Waals surface area contributed by atoms with Crippen LogP contribution in [0.2, 0.25) is 0 Å². The first kappa shape index (κ1) is 16.5. The zero-order valence-corrected chi connectivity index (χ0v) is 12.7. The summed E-state index contributed by atoms with van der Waals surface area (Å²) in [6, 6.07) is 19.4. The molecule has 0 spiro atoms. The van der Waals surface area contributed by atoms with Gasteiger partial charge >= 0.3 is 0 Å². The van der Waals surface area contributed by atoms with Crippen molar-refractivity contribution in [1.29, 1.82) is 0 Å². The van der Waals surface area contributed by atoms with E-state index in [0.29, 0.717) is 26.1 Å². The average Bonchev–Trinajstić information content (AvgIpc) is 2.56. The van der Waals surface area contributed by atoms with Gasteiger partial charge in [-0.1, -0.05) is 48.5 Å². The van der Waals surface area contributed by atoms with E-state index in [4.69, 9.17) is 10.5 Å². The van der Waals surface area contributed by atoms with Gasteiger partial charge in [0.25, 0.3) is 0 Å². The van der Waals surface area contributed by atoms with Crippen LogP contribution in [0.25, 0.3) is 0 Å². The third kappa shape index (κ3) is 5.85. The molecule has 0 aliphatic rings. The molecule has 2 rings (SSSR count). The highest BCUT2D eigenvalue weighted by atomic mass is 16.5. The average molecular weight is 300 g/mol. The van der Waals surface area contributed by atoms with Crippen molar-refractivity contribution in [2.75, 3.05) is 19.7 Å². The molecule has 2 aromatic carbocycles. The molecule has 22 heavy (non-hydrogen) atoms. The van der Waals surface area contributed by atoms with Gasteiger partial charge in [0.15, 0.2) is 0 Å². The quantitative estimate of drug-likeness (QED) is 0.615. The summed E-state index contributed by atoms with van der Waals surface area (Å²) in [6.45, 7) is 1.70. The van der Waals surface area contributed by atoms with Gasteiger partial charge < -0.3 is 20.9 Å². The smallest absolute Gasteiger partial charge is 0.119 e. The van der Waals surface area contributed by atoms with E-state index >= 15 is 0 Å². The monoisotopic (exact) mass is 300 g/mol. The maximum Gasteiger partial charge on any atom is 0.119 e. The molecule has 0 fully saturated rings. The van der Waals surface area contributed by atoms with Gasteiger partial charge in [0.05, 0.1) is 6.10 Å². The van der Waals surface area contributed by atoms with Gasteiger partial charge in [-0.2, -0.15) is 0 Å². The molecule has 4 N–H and O–H groups in total. The molecule has 0 aliphatic carbocycles. The fraction of sp³-hybridized carbons (Fsp3) is 0.333. The lowest BCUT2D eigenvalue weighted by molar-refractivity contribution is 0.140. The molecule has 0 aromatic heterocycles. The maximum atomic E-state index is 10.1. The largest absolute Gasteiger partial charge is 0.492 e. The van der Waals surface area contributed by atoms with Gasteiger partial charge in [-0.3, -0.25) is 0 Å². The Hall–Kier alpha value is -1.88. The van der Waals surface area contributed by atoms with Crippen LogP contribution in [0.1, 0.15) is 5.56 Å². The van der Waals surface area contributed by atoms with Crippen molar-refractivity contribution in [2.45, 2.75) is 18.6 Å². The summed E-state index contributed by atoms with van der Waals surface area (Å²) in [6.07, 6.45) is 0.0985. The first-order valence-corrected chi connectivity index (χ1v) is 7.62. The number of aliphatic hydroxyl groups excluding tert-OH is 1. The van der Waals surface area contributed by atoms with Gasteiger partial charge in [0.2, 0.25) is 0 Å². The summed E-state index contributed by atoms with van der Waals surface area (Å²) < 4.78 is 5.57. The Morgan fingerprint density at radius 2 is 1.64 bits per heavy atom. The Morgan fingerprint density at radius 3 is 2.32 bits per heavy atom. The number of ether oxygens (including phenoxy) is 1. The molecular formula is C18H24N2O2. The second-order valence-corrected chi connectivity index (χ2v) is 5.29. The predicted molar refractivity (Wildman–Crippen MR) is 88.9 cm³/mol. The Morgan fingerprint density at radius 1 is 1.00 bits per heavy atom. The topological polar surface area (TPSA) is 67.5 Å². The molecule has 4 heteroatoms. The van der Waals surface area contributed by atoms with Crippen LogP contribution in [0.5, 0.6) is 5.75 Å². The number of nitrogens with one attached hydrogen (secondary N) is 1. The summed E-state index contributed by atoms with van der Waals surface area (Å²) in [7, 11) is 0. The molecule has 4 nitrogen and oxygen atoms in total. The summed E-state index contributed by atoms with van der Waals surface area (Å²) in [5.74, 6) is 0.852. The van der Waals surface area contributed by atoms with Crippen molar-refractivity contribution >= 4 is 0 Å².